The first kappa shape index (κ1) is 17.1. The lowest BCUT2D eigenvalue weighted by molar-refractivity contribution is 0.0675. The van der Waals surface area contributed by atoms with E-state index in [9.17, 15) is 18.0 Å². The molecule has 1 N–H and O–H groups in total. The minimum Gasteiger partial charge on any atom is -0.339 e. The molecule has 2 unspecified atom stereocenters. The van der Waals surface area contributed by atoms with Gasteiger partial charge >= 0.3 is 0 Å². The van der Waals surface area contributed by atoms with Crippen LogP contribution in [0.4, 0.5) is 13.2 Å². The van der Waals surface area contributed by atoms with Gasteiger partial charge in [0.05, 0.1) is 5.56 Å². The van der Waals surface area contributed by atoms with Crippen LogP contribution in [0.2, 0.25) is 0 Å². The third kappa shape index (κ3) is 2.94. The zero-order valence-corrected chi connectivity index (χ0v) is 12.9. The number of piperidine rings is 1. The maximum Gasteiger partial charge on any atom is 0.256 e. The molecule has 2 fully saturated rings. The maximum absolute atomic E-state index is 13.7. The van der Waals surface area contributed by atoms with Gasteiger partial charge in [-0.15, -0.1) is 12.4 Å². The molecule has 1 aromatic rings. The highest BCUT2D eigenvalue weighted by atomic mass is 35.5. The second-order valence-electron chi connectivity index (χ2n) is 5.90. The summed E-state index contributed by atoms with van der Waals surface area (Å²) in [5.74, 6) is -4.90. The van der Waals surface area contributed by atoms with Crippen molar-refractivity contribution in [2.45, 2.75) is 43.8 Å². The number of carbonyl (C=O) groups excluding carboxylic acids is 1. The summed E-state index contributed by atoms with van der Waals surface area (Å²) in [6, 6.07) is 2.56. The normalized spacial score (nSPS) is 26.5. The highest BCUT2D eigenvalue weighted by Crippen LogP contribution is 2.30. The molecule has 2 heterocycles. The molecular formula is C15H18ClF3N2O. The van der Waals surface area contributed by atoms with E-state index >= 15 is 0 Å². The topological polar surface area (TPSA) is 32.3 Å². The van der Waals surface area contributed by atoms with Crippen LogP contribution in [0.3, 0.4) is 0 Å². The van der Waals surface area contributed by atoms with Gasteiger partial charge < -0.3 is 10.2 Å². The molecule has 3 nitrogen and oxygen atoms in total. The Balaban J connectivity index is 0.00000176. The SMILES string of the molecule is CN(C(=O)c1ccc(F)c(F)c1F)C1CC2CCC(C1)N2.Cl. The zero-order valence-electron chi connectivity index (χ0n) is 12.1. The van der Waals surface area contributed by atoms with Crippen molar-refractivity contribution in [3.05, 3.63) is 35.1 Å². The number of hydrogen-bond donors (Lipinski definition) is 1. The Morgan fingerprint density at radius 2 is 1.73 bits per heavy atom. The van der Waals surface area contributed by atoms with Crippen molar-refractivity contribution >= 4 is 18.3 Å². The number of hydrogen-bond acceptors (Lipinski definition) is 2. The highest BCUT2D eigenvalue weighted by molar-refractivity contribution is 5.94. The monoisotopic (exact) mass is 334 g/mol. The van der Waals surface area contributed by atoms with E-state index in [2.05, 4.69) is 5.32 Å². The number of nitrogens with zero attached hydrogens (tertiary/aromatic N) is 1. The smallest absolute Gasteiger partial charge is 0.256 e. The number of fused-ring (bicyclic) bond motifs is 2. The van der Waals surface area contributed by atoms with Crippen molar-refractivity contribution < 1.29 is 18.0 Å². The minimum absolute atomic E-state index is 0. The van der Waals surface area contributed by atoms with Crippen LogP contribution in [-0.2, 0) is 0 Å². The van der Waals surface area contributed by atoms with Gasteiger partial charge in [-0.2, -0.15) is 0 Å². The Morgan fingerprint density at radius 1 is 1.14 bits per heavy atom. The first-order chi connectivity index (χ1) is 9.97. The fraction of sp³-hybridized carbons (Fsp3) is 0.533. The van der Waals surface area contributed by atoms with Crippen molar-refractivity contribution in [3.8, 4) is 0 Å². The van der Waals surface area contributed by atoms with Gasteiger partial charge in [0.1, 0.15) is 0 Å². The van der Waals surface area contributed by atoms with Crippen molar-refractivity contribution in [1.29, 1.82) is 0 Å². The summed E-state index contributed by atoms with van der Waals surface area (Å²) in [6.45, 7) is 0. The second kappa shape index (κ2) is 6.46. The number of rotatable bonds is 2. The second-order valence-corrected chi connectivity index (χ2v) is 5.90. The van der Waals surface area contributed by atoms with Crippen LogP contribution < -0.4 is 5.32 Å². The van der Waals surface area contributed by atoms with Gasteiger partial charge in [-0.05, 0) is 37.8 Å². The number of amides is 1. The van der Waals surface area contributed by atoms with E-state index in [1.807, 2.05) is 0 Å². The summed E-state index contributed by atoms with van der Waals surface area (Å²) < 4.78 is 39.9. The van der Waals surface area contributed by atoms with Gasteiger partial charge in [0, 0.05) is 25.2 Å². The third-order valence-corrected chi connectivity index (χ3v) is 4.58. The van der Waals surface area contributed by atoms with E-state index in [0.29, 0.717) is 12.1 Å². The molecule has 3 rings (SSSR count). The van der Waals surface area contributed by atoms with E-state index in [1.165, 1.54) is 4.90 Å². The summed E-state index contributed by atoms with van der Waals surface area (Å²) in [6.07, 6.45) is 3.79. The van der Waals surface area contributed by atoms with Crippen LogP contribution in [0.5, 0.6) is 0 Å². The molecule has 122 valence electrons. The molecule has 0 spiro atoms. The van der Waals surface area contributed by atoms with E-state index < -0.39 is 28.9 Å². The Kier molecular flexibility index (Phi) is 5.02. The molecular weight excluding hydrogens is 317 g/mol. The molecule has 1 amide bonds. The molecule has 0 saturated carbocycles. The van der Waals surface area contributed by atoms with E-state index in [4.69, 9.17) is 0 Å². The molecule has 0 aromatic heterocycles. The predicted molar refractivity (Wildman–Crippen MR) is 78.6 cm³/mol. The molecule has 0 aliphatic carbocycles. The fourth-order valence-corrected chi connectivity index (χ4v) is 3.39. The van der Waals surface area contributed by atoms with Crippen molar-refractivity contribution in [2.75, 3.05) is 7.05 Å². The lowest BCUT2D eigenvalue weighted by atomic mass is 9.98. The van der Waals surface area contributed by atoms with Gasteiger partial charge in [0.25, 0.3) is 5.91 Å². The summed E-state index contributed by atoms with van der Waals surface area (Å²) in [5.41, 5.74) is -0.415. The molecule has 2 aliphatic rings. The molecule has 7 heteroatoms. The number of carbonyl (C=O) groups is 1. The number of nitrogens with one attached hydrogen (secondary N) is 1. The third-order valence-electron chi connectivity index (χ3n) is 4.58. The largest absolute Gasteiger partial charge is 0.339 e. The standard InChI is InChI=1S/C15H17F3N2O.ClH/c1-20(10-6-8-2-3-9(7-10)19-8)15(21)11-4-5-12(16)14(18)13(11)17;/h4-5,8-10,19H,2-3,6-7H2,1H3;1H. The molecule has 2 saturated heterocycles. The van der Waals surface area contributed by atoms with Gasteiger partial charge in [-0.3, -0.25) is 4.79 Å². The Bertz CT molecular complexity index is 572. The first-order valence-corrected chi connectivity index (χ1v) is 7.14. The minimum atomic E-state index is -1.60. The fourth-order valence-electron chi connectivity index (χ4n) is 3.39. The van der Waals surface area contributed by atoms with Gasteiger partial charge in [0.15, 0.2) is 17.5 Å². The summed E-state index contributed by atoms with van der Waals surface area (Å²) >= 11 is 0. The summed E-state index contributed by atoms with van der Waals surface area (Å²) in [4.78, 5) is 13.8. The van der Waals surface area contributed by atoms with Crippen LogP contribution in [0.1, 0.15) is 36.0 Å². The van der Waals surface area contributed by atoms with Crippen LogP contribution >= 0.6 is 12.4 Å². The molecule has 2 atom stereocenters. The van der Waals surface area contributed by atoms with Gasteiger partial charge in [-0.1, -0.05) is 0 Å². The molecule has 2 bridgehead atoms. The lowest BCUT2D eigenvalue weighted by Gasteiger charge is -2.35. The van der Waals surface area contributed by atoms with Crippen LogP contribution in [-0.4, -0.2) is 36.0 Å². The maximum atomic E-state index is 13.7. The van der Waals surface area contributed by atoms with Crippen LogP contribution in [0.15, 0.2) is 12.1 Å². The van der Waals surface area contributed by atoms with Gasteiger partial charge in [0.2, 0.25) is 0 Å². The van der Waals surface area contributed by atoms with Crippen molar-refractivity contribution in [2.24, 2.45) is 0 Å². The van der Waals surface area contributed by atoms with Gasteiger partial charge in [-0.25, -0.2) is 13.2 Å². The van der Waals surface area contributed by atoms with E-state index in [-0.39, 0.29) is 18.4 Å². The quantitative estimate of drug-likeness (QED) is 0.844. The average molecular weight is 335 g/mol. The zero-order chi connectivity index (χ0) is 15.1. The Labute approximate surface area is 133 Å². The average Bonchev–Trinajstić information content (AvgIpc) is 2.82. The van der Waals surface area contributed by atoms with E-state index in [0.717, 1.165) is 37.8 Å². The molecule has 2 aliphatic heterocycles. The molecule has 1 aromatic carbocycles. The van der Waals surface area contributed by atoms with Crippen LogP contribution in [0, 0.1) is 17.5 Å². The summed E-state index contributed by atoms with van der Waals surface area (Å²) in [7, 11) is 1.60. The van der Waals surface area contributed by atoms with E-state index in [1.54, 1.807) is 7.05 Å². The lowest BCUT2D eigenvalue weighted by Crippen LogP contribution is -2.48. The summed E-state index contributed by atoms with van der Waals surface area (Å²) in [5, 5.41) is 3.46. The Hall–Kier alpha value is -1.27. The van der Waals surface area contributed by atoms with Crippen molar-refractivity contribution in [3.63, 3.8) is 0 Å². The number of benzene rings is 1. The first-order valence-electron chi connectivity index (χ1n) is 7.14. The number of halogens is 4. The van der Waals surface area contributed by atoms with Crippen LogP contribution in [0.25, 0.3) is 0 Å². The molecule has 22 heavy (non-hydrogen) atoms. The predicted octanol–water partition coefficient (Wildman–Crippen LogP) is 2.88. The van der Waals surface area contributed by atoms with Crippen molar-refractivity contribution in [1.82, 2.24) is 10.2 Å². The molecule has 0 radical (unpaired) electrons. The highest BCUT2D eigenvalue weighted by Gasteiger charge is 2.37. The Morgan fingerprint density at radius 3 is 2.32 bits per heavy atom.